The lowest BCUT2D eigenvalue weighted by atomic mass is 9.99. The maximum atomic E-state index is 5.82. The molecule has 2 heterocycles. The second kappa shape index (κ2) is 6.25. The molecule has 1 aromatic carbocycles. The van der Waals surface area contributed by atoms with Crippen molar-refractivity contribution in [2.24, 2.45) is 11.7 Å². The van der Waals surface area contributed by atoms with Crippen molar-refractivity contribution in [3.05, 3.63) is 35.4 Å². The van der Waals surface area contributed by atoms with Crippen LogP contribution < -0.4 is 5.73 Å². The zero-order valence-electron chi connectivity index (χ0n) is 12.6. The highest BCUT2D eigenvalue weighted by atomic mass is 15.2. The van der Waals surface area contributed by atoms with Gasteiger partial charge in [0.1, 0.15) is 0 Å². The summed E-state index contributed by atoms with van der Waals surface area (Å²) in [4.78, 5) is 5.01. The third-order valence-corrected chi connectivity index (χ3v) is 4.94. The lowest BCUT2D eigenvalue weighted by Crippen LogP contribution is -2.20. The molecule has 2 aliphatic rings. The van der Waals surface area contributed by atoms with E-state index in [2.05, 4.69) is 41.1 Å². The first-order valence-corrected chi connectivity index (χ1v) is 7.98. The van der Waals surface area contributed by atoms with E-state index < -0.39 is 0 Å². The summed E-state index contributed by atoms with van der Waals surface area (Å²) in [6.45, 7) is 5.60. The summed E-state index contributed by atoms with van der Waals surface area (Å²) >= 11 is 0. The van der Waals surface area contributed by atoms with Crippen LogP contribution in [0.25, 0.3) is 0 Å². The fourth-order valence-electron chi connectivity index (χ4n) is 3.71. The third-order valence-electron chi connectivity index (χ3n) is 4.94. The van der Waals surface area contributed by atoms with Crippen molar-refractivity contribution in [2.45, 2.75) is 31.8 Å². The van der Waals surface area contributed by atoms with Crippen molar-refractivity contribution in [1.82, 2.24) is 9.80 Å². The third kappa shape index (κ3) is 3.05. The molecule has 2 N–H and O–H groups in total. The van der Waals surface area contributed by atoms with Crippen LogP contribution >= 0.6 is 0 Å². The zero-order valence-corrected chi connectivity index (χ0v) is 12.6. The Morgan fingerprint density at radius 2 is 1.85 bits per heavy atom. The van der Waals surface area contributed by atoms with Gasteiger partial charge in [0.05, 0.1) is 0 Å². The molecule has 2 saturated heterocycles. The molecular formula is C17H27N3. The Morgan fingerprint density at radius 3 is 2.45 bits per heavy atom. The number of nitrogens with zero attached hydrogens (tertiary/aromatic N) is 2. The Kier molecular flexibility index (Phi) is 4.39. The SMILES string of the molecule is CN1CC(CN)CC1c1ccc(CN2CCCC2)cc1. The highest BCUT2D eigenvalue weighted by molar-refractivity contribution is 5.26. The molecule has 0 bridgehead atoms. The molecule has 2 atom stereocenters. The van der Waals surface area contributed by atoms with E-state index in [0.29, 0.717) is 12.0 Å². The fourth-order valence-corrected chi connectivity index (χ4v) is 3.71. The largest absolute Gasteiger partial charge is 0.330 e. The summed E-state index contributed by atoms with van der Waals surface area (Å²) in [5.41, 5.74) is 8.72. The fraction of sp³-hybridized carbons (Fsp3) is 0.647. The van der Waals surface area contributed by atoms with Gasteiger partial charge in [0, 0.05) is 19.1 Å². The number of hydrogen-bond acceptors (Lipinski definition) is 3. The van der Waals surface area contributed by atoms with Gasteiger partial charge in [-0.25, -0.2) is 0 Å². The maximum Gasteiger partial charge on any atom is 0.0348 e. The summed E-state index contributed by atoms with van der Waals surface area (Å²) in [5, 5.41) is 0. The molecule has 0 amide bonds. The van der Waals surface area contributed by atoms with Crippen molar-refractivity contribution in [3.8, 4) is 0 Å². The number of benzene rings is 1. The smallest absolute Gasteiger partial charge is 0.0348 e. The molecule has 3 rings (SSSR count). The lowest BCUT2D eigenvalue weighted by Gasteiger charge is -2.20. The van der Waals surface area contributed by atoms with Gasteiger partial charge < -0.3 is 5.73 Å². The van der Waals surface area contributed by atoms with E-state index in [1.54, 1.807) is 0 Å². The normalized spacial score (nSPS) is 28.3. The predicted molar refractivity (Wildman–Crippen MR) is 83.5 cm³/mol. The zero-order chi connectivity index (χ0) is 13.9. The molecule has 1 aromatic rings. The van der Waals surface area contributed by atoms with Crippen LogP contribution in [-0.2, 0) is 6.54 Å². The molecule has 3 heteroatoms. The van der Waals surface area contributed by atoms with Gasteiger partial charge in [-0.05, 0) is 63.0 Å². The summed E-state index contributed by atoms with van der Waals surface area (Å²) in [7, 11) is 2.22. The van der Waals surface area contributed by atoms with Gasteiger partial charge in [-0.2, -0.15) is 0 Å². The molecule has 110 valence electrons. The van der Waals surface area contributed by atoms with Crippen molar-refractivity contribution in [3.63, 3.8) is 0 Å². The Morgan fingerprint density at radius 1 is 1.15 bits per heavy atom. The Bertz CT molecular complexity index is 422. The molecule has 0 spiro atoms. The van der Waals surface area contributed by atoms with Gasteiger partial charge in [-0.15, -0.1) is 0 Å². The molecule has 0 radical (unpaired) electrons. The quantitative estimate of drug-likeness (QED) is 0.913. The van der Waals surface area contributed by atoms with Crippen LogP contribution in [-0.4, -0.2) is 43.0 Å². The molecular weight excluding hydrogens is 246 g/mol. The second-order valence-corrected chi connectivity index (χ2v) is 6.52. The number of nitrogens with two attached hydrogens (primary N) is 1. The van der Waals surface area contributed by atoms with Crippen LogP contribution in [0.5, 0.6) is 0 Å². The topological polar surface area (TPSA) is 32.5 Å². The first-order valence-electron chi connectivity index (χ1n) is 7.98. The van der Waals surface area contributed by atoms with Crippen molar-refractivity contribution in [2.75, 3.05) is 33.2 Å². The average Bonchev–Trinajstić information content (AvgIpc) is 3.09. The molecule has 0 aromatic heterocycles. The molecule has 2 unspecified atom stereocenters. The Balaban J connectivity index is 1.63. The average molecular weight is 273 g/mol. The van der Waals surface area contributed by atoms with Gasteiger partial charge in [0.25, 0.3) is 0 Å². The highest BCUT2D eigenvalue weighted by Gasteiger charge is 2.29. The minimum Gasteiger partial charge on any atom is -0.330 e. The van der Waals surface area contributed by atoms with Crippen LogP contribution in [0.3, 0.4) is 0 Å². The lowest BCUT2D eigenvalue weighted by molar-refractivity contribution is 0.313. The van der Waals surface area contributed by atoms with Crippen LogP contribution in [0.15, 0.2) is 24.3 Å². The summed E-state index contributed by atoms with van der Waals surface area (Å²) < 4.78 is 0. The number of rotatable bonds is 4. The standard InChI is InChI=1S/C17H27N3/c1-19-12-15(11-18)10-17(19)16-6-4-14(5-7-16)13-20-8-2-3-9-20/h4-7,15,17H,2-3,8-13,18H2,1H3. The van der Waals surface area contributed by atoms with Gasteiger partial charge in [0.15, 0.2) is 0 Å². The first-order chi connectivity index (χ1) is 9.76. The van der Waals surface area contributed by atoms with E-state index in [-0.39, 0.29) is 0 Å². The second-order valence-electron chi connectivity index (χ2n) is 6.52. The van der Waals surface area contributed by atoms with Crippen molar-refractivity contribution >= 4 is 0 Å². The highest BCUT2D eigenvalue weighted by Crippen LogP contribution is 2.33. The van der Waals surface area contributed by atoms with Crippen LogP contribution in [0.2, 0.25) is 0 Å². The number of likely N-dealkylation sites (tertiary alicyclic amines) is 2. The van der Waals surface area contributed by atoms with Crippen LogP contribution in [0, 0.1) is 5.92 Å². The van der Waals surface area contributed by atoms with Crippen molar-refractivity contribution in [1.29, 1.82) is 0 Å². The van der Waals surface area contributed by atoms with E-state index in [9.17, 15) is 0 Å². The Hall–Kier alpha value is -0.900. The van der Waals surface area contributed by atoms with E-state index in [1.165, 1.54) is 43.5 Å². The first kappa shape index (κ1) is 14.1. The molecule has 0 saturated carbocycles. The number of hydrogen-bond donors (Lipinski definition) is 1. The van der Waals surface area contributed by atoms with Gasteiger partial charge >= 0.3 is 0 Å². The Labute approximate surface area is 122 Å². The van der Waals surface area contributed by atoms with Crippen LogP contribution in [0.1, 0.15) is 36.4 Å². The minimum absolute atomic E-state index is 0.560. The molecule has 2 aliphatic heterocycles. The van der Waals surface area contributed by atoms with E-state index in [4.69, 9.17) is 5.73 Å². The van der Waals surface area contributed by atoms with Gasteiger partial charge in [-0.1, -0.05) is 24.3 Å². The summed E-state index contributed by atoms with van der Waals surface area (Å²) in [5.74, 6) is 0.661. The molecule has 0 aliphatic carbocycles. The van der Waals surface area contributed by atoms with E-state index in [1.807, 2.05) is 0 Å². The molecule has 2 fully saturated rings. The summed E-state index contributed by atoms with van der Waals surface area (Å²) in [6, 6.07) is 9.84. The molecule has 3 nitrogen and oxygen atoms in total. The van der Waals surface area contributed by atoms with E-state index in [0.717, 1.165) is 19.6 Å². The van der Waals surface area contributed by atoms with Gasteiger partial charge in [-0.3, -0.25) is 9.80 Å². The van der Waals surface area contributed by atoms with Gasteiger partial charge in [0.2, 0.25) is 0 Å². The predicted octanol–water partition coefficient (Wildman–Crippen LogP) is 2.23. The minimum atomic E-state index is 0.560. The van der Waals surface area contributed by atoms with E-state index >= 15 is 0 Å². The maximum absolute atomic E-state index is 5.82. The van der Waals surface area contributed by atoms with Crippen LogP contribution in [0.4, 0.5) is 0 Å². The molecule has 20 heavy (non-hydrogen) atoms. The van der Waals surface area contributed by atoms with Crippen molar-refractivity contribution < 1.29 is 0 Å². The summed E-state index contributed by atoms with van der Waals surface area (Å²) in [6.07, 6.45) is 3.94. The monoisotopic (exact) mass is 273 g/mol.